The lowest BCUT2D eigenvalue weighted by Gasteiger charge is -2.12. The summed E-state index contributed by atoms with van der Waals surface area (Å²) in [6.07, 6.45) is 1.72. The number of rotatable bonds is 8. The molecular formula is C29H23N3O4. The molecule has 0 aliphatic carbocycles. The van der Waals surface area contributed by atoms with Crippen LogP contribution in [-0.2, 0) is 6.61 Å². The van der Waals surface area contributed by atoms with Gasteiger partial charge in [0, 0.05) is 10.8 Å². The fourth-order valence-electron chi connectivity index (χ4n) is 3.92. The summed E-state index contributed by atoms with van der Waals surface area (Å²) in [5.41, 5.74) is 7.82. The van der Waals surface area contributed by atoms with Crippen LogP contribution in [0.1, 0.15) is 21.5 Å². The summed E-state index contributed by atoms with van der Waals surface area (Å²) in [6, 6.07) is 28.1. The van der Waals surface area contributed by atoms with Crippen molar-refractivity contribution in [1.29, 1.82) is 0 Å². The number of fused-ring (bicyclic) bond motifs is 2. The Bertz CT molecular complexity index is 1530. The molecule has 0 spiro atoms. The number of anilines is 1. The van der Waals surface area contributed by atoms with Crippen molar-refractivity contribution in [3.05, 3.63) is 108 Å². The van der Waals surface area contributed by atoms with Gasteiger partial charge in [-0.25, -0.2) is 9.78 Å². The molecule has 1 heterocycles. The quantitative estimate of drug-likeness (QED) is 0.159. The molecule has 178 valence electrons. The number of hydrogen-bond donors (Lipinski definition) is 2. The van der Waals surface area contributed by atoms with Crippen LogP contribution < -0.4 is 14.9 Å². The number of aromatic carboxylic acids is 1. The molecule has 0 radical (unpaired) electrons. The van der Waals surface area contributed by atoms with Crippen molar-refractivity contribution in [2.75, 3.05) is 12.5 Å². The molecule has 36 heavy (non-hydrogen) atoms. The van der Waals surface area contributed by atoms with Gasteiger partial charge in [-0.2, -0.15) is 5.10 Å². The van der Waals surface area contributed by atoms with Crippen LogP contribution in [-0.4, -0.2) is 29.4 Å². The van der Waals surface area contributed by atoms with Crippen LogP contribution in [0, 0.1) is 0 Å². The van der Waals surface area contributed by atoms with Crippen molar-refractivity contribution in [2.24, 2.45) is 5.10 Å². The van der Waals surface area contributed by atoms with E-state index in [4.69, 9.17) is 19.6 Å². The normalized spacial score (nSPS) is 11.1. The Morgan fingerprint density at radius 1 is 0.917 bits per heavy atom. The second-order valence-electron chi connectivity index (χ2n) is 8.09. The zero-order valence-corrected chi connectivity index (χ0v) is 19.5. The number of nitrogens with zero attached hydrogens (tertiary/aromatic N) is 2. The predicted octanol–water partition coefficient (Wildman–Crippen LogP) is 6.12. The van der Waals surface area contributed by atoms with E-state index >= 15 is 0 Å². The minimum atomic E-state index is -0.957. The molecule has 0 saturated carbocycles. The third-order valence-electron chi connectivity index (χ3n) is 5.76. The first-order chi connectivity index (χ1) is 17.6. The Balaban J connectivity index is 1.33. The number of nitrogens with one attached hydrogen (secondary N) is 1. The maximum atomic E-state index is 11.0. The van der Waals surface area contributed by atoms with E-state index in [1.165, 1.54) is 0 Å². The molecule has 0 fully saturated rings. The number of hydrogen-bond acceptors (Lipinski definition) is 6. The molecular weight excluding hydrogens is 454 g/mol. The van der Waals surface area contributed by atoms with Crippen molar-refractivity contribution in [3.63, 3.8) is 0 Å². The van der Waals surface area contributed by atoms with E-state index in [9.17, 15) is 4.79 Å². The number of para-hydroxylation sites is 2. The second-order valence-corrected chi connectivity index (χ2v) is 8.09. The van der Waals surface area contributed by atoms with Gasteiger partial charge in [0.05, 0.1) is 35.6 Å². The summed E-state index contributed by atoms with van der Waals surface area (Å²) in [7, 11) is 1.58. The van der Waals surface area contributed by atoms with Gasteiger partial charge in [-0.05, 0) is 53.6 Å². The van der Waals surface area contributed by atoms with Crippen LogP contribution in [0.2, 0.25) is 0 Å². The third kappa shape index (κ3) is 4.81. The zero-order valence-electron chi connectivity index (χ0n) is 19.5. The summed E-state index contributed by atoms with van der Waals surface area (Å²) in [6.45, 7) is 0.285. The molecule has 0 saturated heterocycles. The van der Waals surface area contributed by atoms with Gasteiger partial charge in [0.1, 0.15) is 6.61 Å². The van der Waals surface area contributed by atoms with Gasteiger partial charge >= 0.3 is 5.97 Å². The fourth-order valence-corrected chi connectivity index (χ4v) is 3.92. The number of ether oxygens (including phenoxy) is 2. The number of carboxylic acid groups (broad SMARTS) is 1. The molecule has 2 N–H and O–H groups in total. The van der Waals surface area contributed by atoms with Gasteiger partial charge in [-0.3, -0.25) is 5.43 Å². The lowest BCUT2D eigenvalue weighted by molar-refractivity contribution is 0.0697. The number of carbonyl (C=O) groups is 1. The lowest BCUT2D eigenvalue weighted by atomic mass is 10.1. The van der Waals surface area contributed by atoms with E-state index in [1.54, 1.807) is 37.6 Å². The molecule has 0 bridgehead atoms. The smallest absolute Gasteiger partial charge is 0.335 e. The van der Waals surface area contributed by atoms with E-state index in [1.807, 2.05) is 66.7 Å². The van der Waals surface area contributed by atoms with Crippen molar-refractivity contribution in [2.45, 2.75) is 6.61 Å². The first-order valence-electron chi connectivity index (χ1n) is 11.3. The Hall–Kier alpha value is -4.91. The highest BCUT2D eigenvalue weighted by Crippen LogP contribution is 2.31. The van der Waals surface area contributed by atoms with Gasteiger partial charge < -0.3 is 14.6 Å². The van der Waals surface area contributed by atoms with Crippen LogP contribution in [0.4, 0.5) is 5.69 Å². The van der Waals surface area contributed by atoms with E-state index < -0.39 is 5.97 Å². The number of pyridine rings is 1. The standard InChI is InChI=1S/C29H23N3O4/c1-35-27-16-20(12-15-26(27)36-18-19-10-13-21(14-11-19)29(33)34)17-30-32-28-22-6-2-4-8-24(22)31-25-9-5-3-7-23(25)28/h2-17H,18H2,1H3,(H,31,32)(H,33,34)/b30-17+. The minimum Gasteiger partial charge on any atom is -0.493 e. The monoisotopic (exact) mass is 477 g/mol. The fraction of sp³-hybridized carbons (Fsp3) is 0.0690. The van der Waals surface area contributed by atoms with Crippen LogP contribution in [0.5, 0.6) is 11.5 Å². The highest BCUT2D eigenvalue weighted by atomic mass is 16.5. The topological polar surface area (TPSA) is 93.0 Å². The molecule has 0 atom stereocenters. The molecule has 5 aromatic rings. The summed E-state index contributed by atoms with van der Waals surface area (Å²) in [4.78, 5) is 15.8. The third-order valence-corrected chi connectivity index (χ3v) is 5.76. The Morgan fingerprint density at radius 3 is 2.22 bits per heavy atom. The maximum absolute atomic E-state index is 11.0. The molecule has 0 amide bonds. The van der Waals surface area contributed by atoms with Crippen molar-refractivity contribution >= 4 is 39.7 Å². The Kier molecular flexibility index (Phi) is 6.44. The minimum absolute atomic E-state index is 0.237. The van der Waals surface area contributed by atoms with Gasteiger partial charge in [0.15, 0.2) is 11.5 Å². The zero-order chi connectivity index (χ0) is 24.9. The average molecular weight is 478 g/mol. The molecule has 4 aromatic carbocycles. The SMILES string of the molecule is COc1cc(/C=N/Nc2c3ccccc3nc3ccccc23)ccc1OCc1ccc(C(=O)O)cc1. The first-order valence-corrected chi connectivity index (χ1v) is 11.3. The Labute approximate surface area is 207 Å². The highest BCUT2D eigenvalue weighted by molar-refractivity contribution is 6.07. The molecule has 0 unspecified atom stereocenters. The molecule has 0 aliphatic heterocycles. The molecule has 1 aromatic heterocycles. The molecule has 5 rings (SSSR count). The number of carboxylic acids is 1. The van der Waals surface area contributed by atoms with Crippen LogP contribution in [0.15, 0.2) is 96.1 Å². The average Bonchev–Trinajstić information content (AvgIpc) is 2.92. The predicted molar refractivity (Wildman–Crippen MR) is 141 cm³/mol. The van der Waals surface area contributed by atoms with Crippen LogP contribution in [0.25, 0.3) is 21.8 Å². The van der Waals surface area contributed by atoms with Gasteiger partial charge in [0.25, 0.3) is 0 Å². The van der Waals surface area contributed by atoms with E-state index in [2.05, 4.69) is 10.5 Å². The second kappa shape index (κ2) is 10.1. The number of aromatic nitrogens is 1. The number of hydrazone groups is 1. The van der Waals surface area contributed by atoms with E-state index in [-0.39, 0.29) is 12.2 Å². The Morgan fingerprint density at radius 2 is 1.58 bits per heavy atom. The van der Waals surface area contributed by atoms with Crippen molar-refractivity contribution in [1.82, 2.24) is 4.98 Å². The van der Waals surface area contributed by atoms with E-state index in [0.717, 1.165) is 38.6 Å². The largest absolute Gasteiger partial charge is 0.493 e. The summed E-state index contributed by atoms with van der Waals surface area (Å²) in [5.74, 6) is 0.193. The summed E-state index contributed by atoms with van der Waals surface area (Å²) < 4.78 is 11.4. The number of methoxy groups -OCH3 is 1. The van der Waals surface area contributed by atoms with Crippen LogP contribution in [0.3, 0.4) is 0 Å². The molecule has 0 aliphatic rings. The van der Waals surface area contributed by atoms with Gasteiger partial charge in [-0.1, -0.05) is 48.5 Å². The molecule has 7 nitrogen and oxygen atoms in total. The summed E-state index contributed by atoms with van der Waals surface area (Å²) in [5, 5.41) is 15.5. The highest BCUT2D eigenvalue weighted by Gasteiger charge is 2.09. The first kappa shape index (κ1) is 22.9. The lowest BCUT2D eigenvalue weighted by Crippen LogP contribution is -2.00. The maximum Gasteiger partial charge on any atom is 0.335 e. The number of benzene rings is 4. The van der Waals surface area contributed by atoms with Gasteiger partial charge in [0.2, 0.25) is 0 Å². The van der Waals surface area contributed by atoms with Crippen LogP contribution >= 0.6 is 0 Å². The van der Waals surface area contributed by atoms with Crippen molar-refractivity contribution in [3.8, 4) is 11.5 Å². The van der Waals surface area contributed by atoms with Crippen molar-refractivity contribution < 1.29 is 19.4 Å². The van der Waals surface area contributed by atoms with Gasteiger partial charge in [-0.15, -0.1) is 0 Å². The molecule has 7 heteroatoms. The van der Waals surface area contributed by atoms with E-state index in [0.29, 0.717) is 11.5 Å². The summed E-state index contributed by atoms with van der Waals surface area (Å²) >= 11 is 0.